The van der Waals surface area contributed by atoms with E-state index in [4.69, 9.17) is 4.74 Å². The van der Waals surface area contributed by atoms with Crippen LogP contribution in [0.4, 0.5) is 0 Å². The number of carbonyl (C=O) groups is 1. The molecule has 4 aromatic rings. The molecule has 0 amide bonds. The number of hydrogen-bond donors (Lipinski definition) is 0. The van der Waals surface area contributed by atoms with E-state index in [1.165, 1.54) is 26.5 Å². The van der Waals surface area contributed by atoms with Crippen molar-refractivity contribution in [1.82, 2.24) is 14.5 Å². The first-order chi connectivity index (χ1) is 16.1. The SMILES string of the molecule is COC(=O)c1cccc2c1c(-c1cncc(-c3ccccc3)c1)cn2CC1CCCN(C)C1. The standard InChI is InChI=1S/C28H29N3O2/c1-30-13-7-8-20(17-30)18-31-19-25(27-24(28(32)33-2)11-6-12-26(27)31)23-14-22(15-29-16-23)21-9-4-3-5-10-21/h3-6,9-12,14-16,19-20H,7-8,13,17-18H2,1-2H3. The quantitative estimate of drug-likeness (QED) is 0.385. The lowest BCUT2D eigenvalue weighted by Crippen LogP contribution is -2.33. The van der Waals surface area contributed by atoms with Crippen molar-refractivity contribution in [2.75, 3.05) is 27.2 Å². The molecule has 0 saturated carbocycles. The van der Waals surface area contributed by atoms with Gasteiger partial charge in [-0.3, -0.25) is 4.98 Å². The van der Waals surface area contributed by atoms with E-state index in [0.717, 1.165) is 46.2 Å². The van der Waals surface area contributed by atoms with E-state index in [9.17, 15) is 4.79 Å². The number of methoxy groups -OCH3 is 1. The van der Waals surface area contributed by atoms with Crippen molar-refractivity contribution in [2.24, 2.45) is 5.92 Å². The number of hydrogen-bond acceptors (Lipinski definition) is 4. The molecule has 33 heavy (non-hydrogen) atoms. The Labute approximate surface area is 194 Å². The van der Waals surface area contributed by atoms with E-state index >= 15 is 0 Å². The smallest absolute Gasteiger partial charge is 0.338 e. The molecule has 1 unspecified atom stereocenters. The van der Waals surface area contributed by atoms with Gasteiger partial charge in [-0.15, -0.1) is 0 Å². The maximum absolute atomic E-state index is 12.7. The van der Waals surface area contributed by atoms with Crippen molar-refractivity contribution in [1.29, 1.82) is 0 Å². The maximum Gasteiger partial charge on any atom is 0.338 e. The number of piperidine rings is 1. The lowest BCUT2D eigenvalue weighted by molar-refractivity contribution is 0.0603. The van der Waals surface area contributed by atoms with Crippen LogP contribution < -0.4 is 0 Å². The van der Waals surface area contributed by atoms with Crippen molar-refractivity contribution in [2.45, 2.75) is 19.4 Å². The summed E-state index contributed by atoms with van der Waals surface area (Å²) in [5.74, 6) is 0.270. The fraction of sp³-hybridized carbons (Fsp3) is 0.286. The summed E-state index contributed by atoms with van der Waals surface area (Å²) >= 11 is 0. The molecule has 1 aliphatic rings. The fourth-order valence-corrected chi connectivity index (χ4v) is 5.08. The van der Waals surface area contributed by atoms with Crippen LogP contribution in [-0.4, -0.2) is 47.7 Å². The van der Waals surface area contributed by atoms with Crippen LogP contribution in [0.25, 0.3) is 33.2 Å². The van der Waals surface area contributed by atoms with Crippen LogP contribution in [-0.2, 0) is 11.3 Å². The van der Waals surface area contributed by atoms with E-state index in [2.05, 4.69) is 52.0 Å². The van der Waals surface area contributed by atoms with E-state index in [1.807, 2.05) is 42.7 Å². The predicted molar refractivity (Wildman–Crippen MR) is 132 cm³/mol. The number of benzene rings is 2. The van der Waals surface area contributed by atoms with Crippen LogP contribution in [0.1, 0.15) is 23.2 Å². The zero-order valence-corrected chi connectivity index (χ0v) is 19.2. The Hall–Kier alpha value is -3.44. The normalized spacial score (nSPS) is 16.7. The van der Waals surface area contributed by atoms with E-state index in [1.54, 1.807) is 0 Å². The average Bonchev–Trinajstić information content (AvgIpc) is 3.23. The lowest BCUT2D eigenvalue weighted by Gasteiger charge is -2.30. The molecule has 5 heteroatoms. The Bertz CT molecular complexity index is 1280. The van der Waals surface area contributed by atoms with E-state index in [0.29, 0.717) is 11.5 Å². The molecular formula is C28H29N3O2. The minimum absolute atomic E-state index is 0.316. The molecular weight excluding hydrogens is 410 g/mol. The molecule has 2 aromatic heterocycles. The number of pyridine rings is 1. The number of carbonyl (C=O) groups excluding carboxylic acids is 1. The molecule has 1 aliphatic heterocycles. The number of nitrogens with zero attached hydrogens (tertiary/aromatic N) is 3. The minimum Gasteiger partial charge on any atom is -0.465 e. The largest absolute Gasteiger partial charge is 0.465 e. The van der Waals surface area contributed by atoms with Gasteiger partial charge in [0.05, 0.1) is 12.7 Å². The third-order valence-corrected chi connectivity index (χ3v) is 6.64. The van der Waals surface area contributed by atoms with Crippen LogP contribution in [0.5, 0.6) is 0 Å². The van der Waals surface area contributed by atoms with Gasteiger partial charge in [0.1, 0.15) is 0 Å². The van der Waals surface area contributed by atoms with Crippen LogP contribution in [0.15, 0.2) is 73.2 Å². The molecule has 168 valence electrons. The summed E-state index contributed by atoms with van der Waals surface area (Å²) in [6.07, 6.45) is 8.41. The Balaban J connectivity index is 1.64. The summed E-state index contributed by atoms with van der Waals surface area (Å²) in [7, 11) is 3.63. The van der Waals surface area contributed by atoms with Gasteiger partial charge in [0.15, 0.2) is 0 Å². The monoisotopic (exact) mass is 439 g/mol. The van der Waals surface area contributed by atoms with E-state index in [-0.39, 0.29) is 5.97 Å². The lowest BCUT2D eigenvalue weighted by atomic mass is 9.98. The van der Waals surface area contributed by atoms with Crippen LogP contribution in [0, 0.1) is 5.92 Å². The van der Waals surface area contributed by atoms with Crippen molar-refractivity contribution >= 4 is 16.9 Å². The van der Waals surface area contributed by atoms with Crippen LogP contribution >= 0.6 is 0 Å². The second kappa shape index (κ2) is 9.20. The Morgan fingerprint density at radius 3 is 2.67 bits per heavy atom. The number of likely N-dealkylation sites (tertiary alicyclic amines) is 1. The zero-order chi connectivity index (χ0) is 22.8. The molecule has 5 rings (SSSR count). The highest BCUT2D eigenvalue weighted by Crippen LogP contribution is 2.36. The Morgan fingerprint density at radius 2 is 1.88 bits per heavy atom. The van der Waals surface area contributed by atoms with Crippen molar-refractivity contribution in [3.05, 3.63) is 78.8 Å². The van der Waals surface area contributed by atoms with Gasteiger partial charge in [-0.1, -0.05) is 36.4 Å². The highest BCUT2D eigenvalue weighted by atomic mass is 16.5. The first-order valence-corrected chi connectivity index (χ1v) is 11.5. The summed E-state index contributed by atoms with van der Waals surface area (Å²) < 4.78 is 7.45. The predicted octanol–water partition coefficient (Wildman–Crippen LogP) is 5.50. The number of aromatic nitrogens is 2. The summed E-state index contributed by atoms with van der Waals surface area (Å²) in [5.41, 5.74) is 5.84. The molecule has 0 N–H and O–H groups in total. The second-order valence-electron chi connectivity index (χ2n) is 8.99. The molecule has 0 radical (unpaired) electrons. The van der Waals surface area contributed by atoms with Crippen molar-refractivity contribution in [3.63, 3.8) is 0 Å². The van der Waals surface area contributed by atoms with Gasteiger partial charge in [0.2, 0.25) is 0 Å². The van der Waals surface area contributed by atoms with Crippen molar-refractivity contribution < 1.29 is 9.53 Å². The fourth-order valence-electron chi connectivity index (χ4n) is 5.08. The molecule has 2 aromatic carbocycles. The third kappa shape index (κ3) is 4.29. The zero-order valence-electron chi connectivity index (χ0n) is 19.2. The molecule has 0 bridgehead atoms. The number of esters is 1. The molecule has 5 nitrogen and oxygen atoms in total. The van der Waals surface area contributed by atoms with Gasteiger partial charge in [-0.25, -0.2) is 4.79 Å². The summed E-state index contributed by atoms with van der Waals surface area (Å²) in [6.45, 7) is 3.19. The van der Waals surface area contributed by atoms with Gasteiger partial charge in [-0.05, 0) is 56.1 Å². The number of fused-ring (bicyclic) bond motifs is 1. The first kappa shape index (κ1) is 21.4. The van der Waals surface area contributed by atoms with Crippen molar-refractivity contribution in [3.8, 4) is 22.3 Å². The third-order valence-electron chi connectivity index (χ3n) is 6.64. The highest BCUT2D eigenvalue weighted by molar-refractivity contribution is 6.10. The average molecular weight is 440 g/mol. The molecule has 1 saturated heterocycles. The minimum atomic E-state index is -0.316. The van der Waals surface area contributed by atoms with Gasteiger partial charge in [0.25, 0.3) is 0 Å². The topological polar surface area (TPSA) is 47.4 Å². The first-order valence-electron chi connectivity index (χ1n) is 11.5. The molecule has 1 fully saturated rings. The number of ether oxygens (including phenoxy) is 1. The van der Waals surface area contributed by atoms with Gasteiger partial charge < -0.3 is 14.2 Å². The highest BCUT2D eigenvalue weighted by Gasteiger charge is 2.22. The summed E-state index contributed by atoms with van der Waals surface area (Å²) in [4.78, 5) is 19.6. The molecule has 0 spiro atoms. The van der Waals surface area contributed by atoms with Gasteiger partial charge in [-0.2, -0.15) is 0 Å². The van der Waals surface area contributed by atoms with Gasteiger partial charge in [0, 0.05) is 59.3 Å². The van der Waals surface area contributed by atoms with E-state index < -0.39 is 0 Å². The molecule has 1 atom stereocenters. The van der Waals surface area contributed by atoms with Crippen LogP contribution in [0.3, 0.4) is 0 Å². The van der Waals surface area contributed by atoms with Gasteiger partial charge >= 0.3 is 5.97 Å². The summed E-state index contributed by atoms with van der Waals surface area (Å²) in [6, 6.07) is 18.3. The maximum atomic E-state index is 12.7. The number of rotatable bonds is 5. The Morgan fingerprint density at radius 1 is 1.06 bits per heavy atom. The summed E-state index contributed by atoms with van der Waals surface area (Å²) in [5, 5.41) is 0.931. The molecule has 0 aliphatic carbocycles. The second-order valence-corrected chi connectivity index (χ2v) is 8.99. The Kier molecular flexibility index (Phi) is 5.97. The molecule has 3 heterocycles. The van der Waals surface area contributed by atoms with Crippen LogP contribution in [0.2, 0.25) is 0 Å².